The number of rotatable bonds is 8. The van der Waals surface area contributed by atoms with Crippen molar-refractivity contribution in [2.24, 2.45) is 5.92 Å². The lowest BCUT2D eigenvalue weighted by Crippen LogP contribution is -2.31. The quantitative estimate of drug-likeness (QED) is 0.460. The zero-order valence-corrected chi connectivity index (χ0v) is 17.5. The molecule has 3 rings (SSSR count). The third-order valence-electron chi connectivity index (χ3n) is 6.22. The summed E-state index contributed by atoms with van der Waals surface area (Å²) >= 11 is 0. The van der Waals surface area contributed by atoms with E-state index in [0.717, 1.165) is 31.5 Å². The molecule has 2 aromatic carbocycles. The highest BCUT2D eigenvalue weighted by atomic mass is 19.4. The van der Waals surface area contributed by atoms with E-state index in [1.165, 1.54) is 11.1 Å². The van der Waals surface area contributed by atoms with E-state index in [0.29, 0.717) is 12.5 Å². The first-order valence-electron chi connectivity index (χ1n) is 10.8. The highest BCUT2D eigenvalue weighted by molar-refractivity contribution is 5.26. The summed E-state index contributed by atoms with van der Waals surface area (Å²) in [6, 6.07) is 19.3. The highest BCUT2D eigenvalue weighted by Crippen LogP contribution is 2.45. The number of halogens is 3. The molecule has 2 aromatic rings. The number of hydrogen-bond acceptors (Lipinski definition) is 1. The van der Waals surface area contributed by atoms with E-state index in [9.17, 15) is 13.2 Å². The van der Waals surface area contributed by atoms with E-state index < -0.39 is 12.1 Å². The topological polar surface area (TPSA) is 3.24 Å². The first-order chi connectivity index (χ1) is 13.8. The molecule has 0 N–H and O–H groups in total. The molecule has 4 heteroatoms. The van der Waals surface area contributed by atoms with Crippen molar-refractivity contribution in [3.05, 3.63) is 71.3 Å². The fraction of sp³-hybridized carbons (Fsp3) is 0.520. The summed E-state index contributed by atoms with van der Waals surface area (Å²) in [6.45, 7) is 6.45. The highest BCUT2D eigenvalue weighted by Gasteiger charge is 2.44. The molecule has 2 atom stereocenters. The summed E-state index contributed by atoms with van der Waals surface area (Å²) in [7, 11) is 0. The minimum atomic E-state index is -4.04. The van der Waals surface area contributed by atoms with Crippen molar-refractivity contribution in [3.63, 3.8) is 0 Å². The molecule has 0 aromatic heterocycles. The van der Waals surface area contributed by atoms with E-state index in [4.69, 9.17) is 0 Å². The Kier molecular flexibility index (Phi) is 7.39. The van der Waals surface area contributed by atoms with E-state index in [1.807, 2.05) is 18.2 Å². The van der Waals surface area contributed by atoms with Gasteiger partial charge in [0, 0.05) is 12.6 Å². The second kappa shape index (κ2) is 9.80. The molecule has 158 valence electrons. The van der Waals surface area contributed by atoms with Crippen LogP contribution in [0.5, 0.6) is 0 Å². The minimum absolute atomic E-state index is 0.0537. The summed E-state index contributed by atoms with van der Waals surface area (Å²) < 4.78 is 38.7. The summed E-state index contributed by atoms with van der Waals surface area (Å²) in [5.41, 5.74) is 3.66. The molecule has 29 heavy (non-hydrogen) atoms. The lowest BCUT2D eigenvalue weighted by atomic mass is 9.94. The first kappa shape index (κ1) is 21.9. The maximum Gasteiger partial charge on any atom is 0.391 e. The van der Waals surface area contributed by atoms with E-state index >= 15 is 0 Å². The third kappa shape index (κ3) is 6.33. The van der Waals surface area contributed by atoms with Gasteiger partial charge in [-0.1, -0.05) is 54.6 Å². The maximum absolute atomic E-state index is 12.9. The molecule has 1 aliphatic carbocycles. The maximum atomic E-state index is 12.9. The summed E-state index contributed by atoms with van der Waals surface area (Å²) in [4.78, 5) is 2.49. The van der Waals surface area contributed by atoms with Gasteiger partial charge in [0.2, 0.25) is 0 Å². The average Bonchev–Trinajstić information content (AvgIpc) is 3.19. The molecule has 2 unspecified atom stereocenters. The van der Waals surface area contributed by atoms with Crippen molar-refractivity contribution in [2.75, 3.05) is 6.54 Å². The molecule has 0 aliphatic heterocycles. The first-order valence-corrected chi connectivity index (χ1v) is 10.8. The predicted octanol–water partition coefficient (Wildman–Crippen LogP) is 6.98. The zero-order valence-electron chi connectivity index (χ0n) is 17.5. The lowest BCUT2D eigenvalue weighted by molar-refractivity contribution is -0.172. The van der Waals surface area contributed by atoms with Crippen LogP contribution in [0.1, 0.15) is 62.1 Å². The Morgan fingerprint density at radius 3 is 2.21 bits per heavy atom. The van der Waals surface area contributed by atoms with Gasteiger partial charge < -0.3 is 0 Å². The van der Waals surface area contributed by atoms with Crippen molar-refractivity contribution in [3.8, 4) is 0 Å². The molecule has 0 spiro atoms. The molecule has 0 heterocycles. The molecule has 0 radical (unpaired) electrons. The van der Waals surface area contributed by atoms with Crippen LogP contribution in [0.4, 0.5) is 13.2 Å². The van der Waals surface area contributed by atoms with Crippen molar-refractivity contribution in [1.82, 2.24) is 4.90 Å². The van der Waals surface area contributed by atoms with Crippen molar-refractivity contribution in [2.45, 2.75) is 70.6 Å². The van der Waals surface area contributed by atoms with Crippen LogP contribution in [0.2, 0.25) is 0 Å². The fourth-order valence-electron chi connectivity index (χ4n) is 4.36. The Morgan fingerprint density at radius 1 is 0.931 bits per heavy atom. The number of aryl methyl sites for hydroxylation is 1. The smallest absolute Gasteiger partial charge is 0.297 e. The van der Waals surface area contributed by atoms with Gasteiger partial charge in [-0.2, -0.15) is 13.2 Å². The number of nitrogens with zero attached hydrogens (tertiary/aromatic N) is 1. The molecule has 1 fully saturated rings. The number of alkyl halides is 3. The molecule has 0 amide bonds. The Balaban J connectivity index is 1.48. The summed E-state index contributed by atoms with van der Waals surface area (Å²) in [6.07, 6.45) is -0.824. The van der Waals surface area contributed by atoms with E-state index in [2.05, 4.69) is 55.1 Å². The third-order valence-corrected chi connectivity index (χ3v) is 6.22. The molecule has 0 saturated heterocycles. The second-order valence-corrected chi connectivity index (χ2v) is 8.64. The van der Waals surface area contributed by atoms with Crippen LogP contribution in [0, 0.1) is 5.92 Å². The average molecular weight is 404 g/mol. The van der Waals surface area contributed by atoms with Gasteiger partial charge >= 0.3 is 6.18 Å². The van der Waals surface area contributed by atoms with E-state index in [-0.39, 0.29) is 18.8 Å². The van der Waals surface area contributed by atoms with Gasteiger partial charge in [0.1, 0.15) is 0 Å². The Hall–Kier alpha value is -1.81. The predicted molar refractivity (Wildman–Crippen MR) is 113 cm³/mol. The molecular formula is C25H32F3N. The van der Waals surface area contributed by atoms with Gasteiger partial charge in [-0.05, 0) is 75.1 Å². The van der Waals surface area contributed by atoms with Gasteiger partial charge in [-0.3, -0.25) is 4.90 Å². The summed E-state index contributed by atoms with van der Waals surface area (Å²) in [5.74, 6) is -1.07. The molecule has 1 saturated carbocycles. The van der Waals surface area contributed by atoms with Gasteiger partial charge in [-0.15, -0.1) is 0 Å². The van der Waals surface area contributed by atoms with Crippen LogP contribution < -0.4 is 0 Å². The van der Waals surface area contributed by atoms with Crippen molar-refractivity contribution >= 4 is 0 Å². The van der Waals surface area contributed by atoms with E-state index in [1.54, 1.807) is 0 Å². The number of hydrogen-bond donors (Lipinski definition) is 0. The lowest BCUT2D eigenvalue weighted by Gasteiger charge is -2.26. The van der Waals surface area contributed by atoms with Crippen molar-refractivity contribution < 1.29 is 13.2 Å². The minimum Gasteiger partial charge on any atom is -0.297 e. The van der Waals surface area contributed by atoms with Crippen LogP contribution in [0.15, 0.2) is 54.6 Å². The standard InChI is InChI=1S/C25H32F3N/c1-19(2)29(18-21-7-4-3-5-8-21)16-6-9-20-10-12-22(13-11-20)23-14-15-24(17-23)25(26,27)28/h3-5,7-8,10-13,19,23-24H,6,9,14-18H2,1-2H3. The van der Waals surface area contributed by atoms with Crippen LogP contribution in [0.3, 0.4) is 0 Å². The van der Waals surface area contributed by atoms with Gasteiger partial charge in [0.15, 0.2) is 0 Å². The monoisotopic (exact) mass is 403 g/mol. The fourth-order valence-corrected chi connectivity index (χ4v) is 4.36. The van der Waals surface area contributed by atoms with Gasteiger partial charge in [0.05, 0.1) is 5.92 Å². The largest absolute Gasteiger partial charge is 0.391 e. The van der Waals surface area contributed by atoms with Crippen molar-refractivity contribution in [1.29, 1.82) is 0 Å². The summed E-state index contributed by atoms with van der Waals surface area (Å²) in [5, 5.41) is 0. The Morgan fingerprint density at radius 2 is 1.62 bits per heavy atom. The molecular weight excluding hydrogens is 371 g/mol. The van der Waals surface area contributed by atoms with Crippen LogP contribution in [0.25, 0.3) is 0 Å². The van der Waals surface area contributed by atoms with Crippen LogP contribution in [-0.4, -0.2) is 23.7 Å². The van der Waals surface area contributed by atoms with Crippen LogP contribution in [-0.2, 0) is 13.0 Å². The molecule has 1 nitrogen and oxygen atoms in total. The van der Waals surface area contributed by atoms with Crippen LogP contribution >= 0.6 is 0 Å². The Bertz CT molecular complexity index is 737. The molecule has 1 aliphatic rings. The normalized spacial score (nSPS) is 20.0. The van der Waals surface area contributed by atoms with Gasteiger partial charge in [-0.25, -0.2) is 0 Å². The van der Waals surface area contributed by atoms with Gasteiger partial charge in [0.25, 0.3) is 0 Å². The second-order valence-electron chi connectivity index (χ2n) is 8.64. The molecule has 0 bridgehead atoms. The SMILES string of the molecule is CC(C)N(CCCc1ccc(C2CCC(C(F)(F)F)C2)cc1)Cc1ccccc1. The zero-order chi connectivity index (χ0) is 20.9. The number of benzene rings is 2. The Labute approximate surface area is 172 Å².